The molecule has 0 saturated carbocycles. The van der Waals surface area contributed by atoms with Gasteiger partial charge < -0.3 is 9.73 Å². The molecule has 0 aliphatic carbocycles. The molecule has 0 bridgehead atoms. The van der Waals surface area contributed by atoms with Crippen molar-refractivity contribution in [3.63, 3.8) is 0 Å². The molecule has 0 atom stereocenters. The minimum absolute atomic E-state index is 0.108. The molecule has 2 aromatic carbocycles. The van der Waals surface area contributed by atoms with Crippen LogP contribution in [0.1, 0.15) is 10.6 Å². The number of nitrogens with zero attached hydrogens (tertiary/aromatic N) is 3. The molecule has 0 radical (unpaired) electrons. The highest BCUT2D eigenvalue weighted by Gasteiger charge is 2.15. The molecule has 2 heterocycles. The van der Waals surface area contributed by atoms with Gasteiger partial charge in [-0.3, -0.25) is 10.1 Å². The van der Waals surface area contributed by atoms with E-state index in [2.05, 4.69) is 16.4 Å². The van der Waals surface area contributed by atoms with Crippen molar-refractivity contribution in [1.82, 2.24) is 4.98 Å². The van der Waals surface area contributed by atoms with E-state index >= 15 is 0 Å². The summed E-state index contributed by atoms with van der Waals surface area (Å²) in [5.74, 6) is 0. The number of hydrogen-bond donors (Lipinski definition) is 1. The number of thiazole rings is 1. The number of fused-ring (bicyclic) bond motifs is 1. The van der Waals surface area contributed by atoms with Crippen LogP contribution in [0.2, 0.25) is 0 Å². The Balaban J connectivity index is 1.67. The zero-order chi connectivity index (χ0) is 22.0. The van der Waals surface area contributed by atoms with Crippen LogP contribution in [0.3, 0.4) is 0 Å². The number of nitriles is 1. The standard InChI is InChI=1S/C22H14N4O4S/c1-13-2-4-16(5-3-13)24-11-15(10-23)21-25-19(12-31-21)18-9-14-8-17(26(28)29)6-7-20(14)30-22(18)27/h2-9,11-12,24H,1H3/b15-11-. The summed E-state index contributed by atoms with van der Waals surface area (Å²) in [6, 6.07) is 15.3. The van der Waals surface area contributed by atoms with Crippen LogP contribution in [0, 0.1) is 28.4 Å². The number of hydrogen-bond acceptors (Lipinski definition) is 8. The Kier molecular flexibility index (Phi) is 5.30. The molecule has 4 rings (SSSR count). The molecule has 2 aromatic heterocycles. The predicted molar refractivity (Wildman–Crippen MR) is 119 cm³/mol. The fourth-order valence-electron chi connectivity index (χ4n) is 2.87. The number of nitro benzene ring substituents is 1. The summed E-state index contributed by atoms with van der Waals surface area (Å²) in [5.41, 5.74) is 2.28. The molecule has 0 unspecified atom stereocenters. The Bertz CT molecular complexity index is 1430. The number of aryl methyl sites for hydroxylation is 1. The Labute approximate surface area is 179 Å². The third-order valence-electron chi connectivity index (χ3n) is 4.49. The maximum atomic E-state index is 12.4. The lowest BCUT2D eigenvalue weighted by atomic mass is 10.1. The molecule has 0 aliphatic heterocycles. The molecule has 0 spiro atoms. The van der Waals surface area contributed by atoms with Crippen molar-refractivity contribution in [2.75, 3.05) is 5.32 Å². The van der Waals surface area contributed by atoms with E-state index in [1.54, 1.807) is 11.6 Å². The van der Waals surface area contributed by atoms with Gasteiger partial charge in [-0.15, -0.1) is 11.3 Å². The second-order valence-corrected chi connectivity index (χ2v) is 7.50. The van der Waals surface area contributed by atoms with Crippen molar-refractivity contribution in [1.29, 1.82) is 5.26 Å². The van der Waals surface area contributed by atoms with Crippen molar-refractivity contribution in [3.05, 3.63) is 91.2 Å². The minimum Gasteiger partial charge on any atom is -0.422 e. The van der Waals surface area contributed by atoms with Gasteiger partial charge in [-0.05, 0) is 31.2 Å². The molecular formula is C22H14N4O4S. The molecule has 4 aromatic rings. The number of anilines is 1. The number of aromatic nitrogens is 1. The monoisotopic (exact) mass is 430 g/mol. The van der Waals surface area contributed by atoms with E-state index in [4.69, 9.17) is 4.42 Å². The summed E-state index contributed by atoms with van der Waals surface area (Å²) in [6.07, 6.45) is 1.56. The van der Waals surface area contributed by atoms with E-state index in [-0.39, 0.29) is 16.8 Å². The number of allylic oxidation sites excluding steroid dienone is 1. The molecule has 1 N–H and O–H groups in total. The Morgan fingerprint density at radius 2 is 2.03 bits per heavy atom. The summed E-state index contributed by atoms with van der Waals surface area (Å²) >= 11 is 1.21. The van der Waals surface area contributed by atoms with Crippen molar-refractivity contribution in [2.24, 2.45) is 0 Å². The van der Waals surface area contributed by atoms with E-state index in [1.165, 1.54) is 35.6 Å². The molecule has 9 heteroatoms. The summed E-state index contributed by atoms with van der Waals surface area (Å²) in [6.45, 7) is 1.99. The lowest BCUT2D eigenvalue weighted by Gasteiger charge is -2.02. The van der Waals surface area contributed by atoms with Gasteiger partial charge in [0.25, 0.3) is 5.69 Å². The Hall–Kier alpha value is -4.29. The van der Waals surface area contributed by atoms with E-state index in [9.17, 15) is 20.2 Å². The number of benzene rings is 2. The summed E-state index contributed by atoms with van der Waals surface area (Å²) in [4.78, 5) is 27.3. The van der Waals surface area contributed by atoms with Crippen LogP contribution in [-0.4, -0.2) is 9.91 Å². The molecule has 8 nitrogen and oxygen atoms in total. The summed E-state index contributed by atoms with van der Waals surface area (Å²) in [7, 11) is 0. The third kappa shape index (κ3) is 4.19. The molecule has 31 heavy (non-hydrogen) atoms. The van der Waals surface area contributed by atoms with Crippen LogP contribution in [0.5, 0.6) is 0 Å². The number of nitrogens with one attached hydrogen (secondary N) is 1. The van der Waals surface area contributed by atoms with E-state index < -0.39 is 10.5 Å². The van der Waals surface area contributed by atoms with E-state index in [0.29, 0.717) is 21.7 Å². The van der Waals surface area contributed by atoms with Crippen LogP contribution in [-0.2, 0) is 0 Å². The van der Waals surface area contributed by atoms with Gasteiger partial charge in [0, 0.05) is 34.8 Å². The second kappa shape index (κ2) is 8.22. The van der Waals surface area contributed by atoms with E-state index in [1.807, 2.05) is 31.2 Å². The van der Waals surface area contributed by atoms with Crippen LogP contribution in [0.25, 0.3) is 27.8 Å². The van der Waals surface area contributed by atoms with Gasteiger partial charge in [-0.25, -0.2) is 9.78 Å². The zero-order valence-corrected chi connectivity index (χ0v) is 17.0. The summed E-state index contributed by atoms with van der Waals surface area (Å²) < 4.78 is 5.29. The third-order valence-corrected chi connectivity index (χ3v) is 5.37. The first-order valence-corrected chi connectivity index (χ1v) is 9.94. The fraction of sp³-hybridized carbons (Fsp3) is 0.0455. The lowest BCUT2D eigenvalue weighted by molar-refractivity contribution is -0.384. The van der Waals surface area contributed by atoms with Gasteiger partial charge in [0.05, 0.1) is 16.2 Å². The molecule has 0 saturated heterocycles. The van der Waals surface area contributed by atoms with Gasteiger partial charge in [0.2, 0.25) is 0 Å². The molecule has 0 amide bonds. The average Bonchev–Trinajstić information content (AvgIpc) is 3.24. The first-order valence-electron chi connectivity index (χ1n) is 9.06. The normalized spacial score (nSPS) is 11.3. The highest BCUT2D eigenvalue weighted by atomic mass is 32.1. The van der Waals surface area contributed by atoms with Gasteiger partial charge in [-0.2, -0.15) is 5.26 Å². The number of nitro groups is 1. The number of non-ortho nitro benzene ring substituents is 1. The van der Waals surface area contributed by atoms with Gasteiger partial charge in [0.1, 0.15) is 22.2 Å². The van der Waals surface area contributed by atoms with Crippen molar-refractivity contribution >= 4 is 39.3 Å². The molecule has 152 valence electrons. The first kappa shape index (κ1) is 20.0. The lowest BCUT2D eigenvalue weighted by Crippen LogP contribution is -2.03. The largest absolute Gasteiger partial charge is 0.422 e. The smallest absolute Gasteiger partial charge is 0.345 e. The minimum atomic E-state index is -0.613. The quantitative estimate of drug-likeness (QED) is 0.202. The van der Waals surface area contributed by atoms with E-state index in [0.717, 1.165) is 11.3 Å². The van der Waals surface area contributed by atoms with Crippen LogP contribution in [0.4, 0.5) is 11.4 Å². The zero-order valence-electron chi connectivity index (χ0n) is 16.2. The SMILES string of the molecule is Cc1ccc(N/C=C(/C#N)c2nc(-c3cc4cc([N+](=O)[O-])ccc4oc3=O)cs2)cc1. The topological polar surface area (TPSA) is 122 Å². The maximum Gasteiger partial charge on any atom is 0.345 e. The van der Waals surface area contributed by atoms with Gasteiger partial charge in [0.15, 0.2) is 0 Å². The Morgan fingerprint density at radius 3 is 2.74 bits per heavy atom. The van der Waals surface area contributed by atoms with Gasteiger partial charge in [-0.1, -0.05) is 17.7 Å². The highest BCUT2D eigenvalue weighted by Crippen LogP contribution is 2.28. The van der Waals surface area contributed by atoms with Crippen molar-refractivity contribution in [3.8, 4) is 17.3 Å². The van der Waals surface area contributed by atoms with Crippen LogP contribution < -0.4 is 10.9 Å². The maximum absolute atomic E-state index is 12.4. The van der Waals surface area contributed by atoms with Crippen molar-refractivity contribution < 1.29 is 9.34 Å². The number of rotatable bonds is 5. The summed E-state index contributed by atoms with van der Waals surface area (Å²) in [5, 5.41) is 26.1. The Morgan fingerprint density at radius 1 is 1.26 bits per heavy atom. The van der Waals surface area contributed by atoms with Crippen LogP contribution in [0.15, 0.2) is 69.3 Å². The predicted octanol–water partition coefficient (Wildman–Crippen LogP) is 5.11. The second-order valence-electron chi connectivity index (χ2n) is 6.64. The van der Waals surface area contributed by atoms with Crippen molar-refractivity contribution in [2.45, 2.75) is 6.92 Å². The average molecular weight is 430 g/mol. The molecule has 0 fully saturated rings. The first-order chi connectivity index (χ1) is 14.9. The molecular weight excluding hydrogens is 416 g/mol. The van der Waals surface area contributed by atoms with Crippen LogP contribution >= 0.6 is 11.3 Å². The highest BCUT2D eigenvalue weighted by molar-refractivity contribution is 7.11. The fourth-order valence-corrected chi connectivity index (χ4v) is 3.66. The molecule has 0 aliphatic rings. The van der Waals surface area contributed by atoms with Gasteiger partial charge >= 0.3 is 5.63 Å².